The molecule has 0 radical (unpaired) electrons. The molecule has 5 heteroatoms. The third kappa shape index (κ3) is 3.94. The molecule has 1 unspecified atom stereocenters. The number of carbonyl (C=O) groups is 1. The van der Waals surface area contributed by atoms with Gasteiger partial charge < -0.3 is 9.80 Å². The van der Waals surface area contributed by atoms with Crippen LogP contribution in [-0.2, 0) is 10.2 Å². The summed E-state index contributed by atoms with van der Waals surface area (Å²) in [5.41, 5.74) is 3.27. The van der Waals surface area contributed by atoms with E-state index in [1.807, 2.05) is 0 Å². The highest BCUT2D eigenvalue weighted by atomic mass is 79.9. The molecule has 8 rings (SSSR count). The van der Waals surface area contributed by atoms with E-state index in [9.17, 15) is 4.79 Å². The van der Waals surface area contributed by atoms with Crippen molar-refractivity contribution in [2.75, 3.05) is 46.3 Å². The van der Waals surface area contributed by atoms with E-state index in [0.717, 1.165) is 55.9 Å². The lowest BCUT2D eigenvalue weighted by atomic mass is 9.53. The Hall–Kier alpha value is -0.910. The normalized spacial score (nSPS) is 38.3. The molecule has 1 amide bonds. The van der Waals surface area contributed by atoms with Crippen LogP contribution in [0.15, 0.2) is 22.7 Å². The Balaban J connectivity index is 1.08. The first-order valence-corrected chi connectivity index (χ1v) is 15.3. The van der Waals surface area contributed by atoms with E-state index in [1.165, 1.54) is 68.1 Å². The molecule has 6 fully saturated rings. The average molecular weight is 541 g/mol. The van der Waals surface area contributed by atoms with Crippen LogP contribution in [0, 0.1) is 23.7 Å². The number of rotatable bonds is 3. The zero-order chi connectivity index (χ0) is 23.7. The Bertz CT molecular complexity index is 950. The Morgan fingerprint density at radius 3 is 2.26 bits per heavy atom. The van der Waals surface area contributed by atoms with Crippen LogP contribution in [0.1, 0.15) is 74.8 Å². The molecule has 4 nitrogen and oxygen atoms in total. The first-order valence-electron chi connectivity index (χ1n) is 14.5. The molecule has 35 heavy (non-hydrogen) atoms. The molecule has 2 saturated heterocycles. The minimum absolute atomic E-state index is 0.255. The quantitative estimate of drug-likeness (QED) is 0.524. The van der Waals surface area contributed by atoms with E-state index in [4.69, 9.17) is 0 Å². The molecule has 1 aromatic rings. The summed E-state index contributed by atoms with van der Waals surface area (Å²) in [6.07, 6.45) is 12.0. The fourth-order valence-corrected chi connectivity index (χ4v) is 10.7. The monoisotopic (exact) mass is 539 g/mol. The molecule has 1 aromatic carbocycles. The van der Waals surface area contributed by atoms with Crippen molar-refractivity contribution in [2.24, 2.45) is 23.7 Å². The predicted octanol–water partition coefficient (Wildman–Crippen LogP) is 5.26. The third-order valence-electron chi connectivity index (χ3n) is 11.3. The largest absolute Gasteiger partial charge is 0.340 e. The van der Waals surface area contributed by atoms with Crippen molar-refractivity contribution in [3.63, 3.8) is 0 Å². The molecule has 1 spiro atoms. The number of hydrogen-bond acceptors (Lipinski definition) is 3. The summed E-state index contributed by atoms with van der Waals surface area (Å²) < 4.78 is 1.28. The van der Waals surface area contributed by atoms with Crippen LogP contribution in [0.25, 0.3) is 0 Å². The van der Waals surface area contributed by atoms with Crippen molar-refractivity contribution >= 4 is 21.8 Å². The van der Waals surface area contributed by atoms with Gasteiger partial charge >= 0.3 is 0 Å². The summed E-state index contributed by atoms with van der Waals surface area (Å²) in [6.45, 7) is 6.30. The van der Waals surface area contributed by atoms with Crippen molar-refractivity contribution in [3.05, 3.63) is 33.8 Å². The van der Waals surface area contributed by atoms with Crippen molar-refractivity contribution in [1.29, 1.82) is 0 Å². The van der Waals surface area contributed by atoms with E-state index in [1.54, 1.807) is 12.0 Å². The topological polar surface area (TPSA) is 26.8 Å². The molecule has 1 atom stereocenters. The van der Waals surface area contributed by atoms with E-state index < -0.39 is 0 Å². The number of halogens is 1. The molecule has 2 aliphatic heterocycles. The van der Waals surface area contributed by atoms with Gasteiger partial charge in [0.1, 0.15) is 0 Å². The van der Waals surface area contributed by atoms with Gasteiger partial charge in [-0.3, -0.25) is 9.69 Å². The van der Waals surface area contributed by atoms with Crippen LogP contribution in [0.5, 0.6) is 0 Å². The zero-order valence-electron chi connectivity index (χ0n) is 21.4. The highest BCUT2D eigenvalue weighted by Gasteiger charge is 2.53. The molecular weight excluding hydrogens is 498 g/mol. The van der Waals surface area contributed by atoms with Crippen LogP contribution in [-0.4, -0.2) is 73.0 Å². The van der Waals surface area contributed by atoms with Gasteiger partial charge in [0.25, 0.3) is 0 Å². The van der Waals surface area contributed by atoms with Crippen LogP contribution in [0.4, 0.5) is 0 Å². The highest BCUT2D eigenvalue weighted by Crippen LogP contribution is 2.58. The molecule has 0 N–H and O–H groups in total. The molecule has 5 aliphatic carbocycles. The van der Waals surface area contributed by atoms with Gasteiger partial charge in [0.05, 0.1) is 0 Å². The van der Waals surface area contributed by atoms with Crippen molar-refractivity contribution in [3.8, 4) is 0 Å². The SMILES string of the molecule is CN1CCN(C(=O)CC2CC3(CCN(C4C5CC6CC(C5)CC4C6)CC3)c3c(Br)cccc32)CC1. The summed E-state index contributed by atoms with van der Waals surface area (Å²) in [7, 11) is 2.16. The zero-order valence-corrected chi connectivity index (χ0v) is 23.0. The standard InChI is InChI=1S/C30H42BrN3O/c1-32-9-11-33(12-10-32)27(35)18-24-19-30(28-25(24)3-2-4-26(28)31)5-7-34(8-6-30)29-22-14-20-13-21(16-22)17-23(29)15-20/h2-4,20-24,29H,5-19H2,1H3. The minimum Gasteiger partial charge on any atom is -0.340 e. The molecule has 2 heterocycles. The maximum Gasteiger partial charge on any atom is 0.223 e. The number of fused-ring (bicyclic) bond motifs is 2. The predicted molar refractivity (Wildman–Crippen MR) is 144 cm³/mol. The number of piperazine rings is 1. The fraction of sp³-hybridized carbons (Fsp3) is 0.767. The van der Waals surface area contributed by atoms with Crippen LogP contribution >= 0.6 is 15.9 Å². The van der Waals surface area contributed by atoms with Crippen LogP contribution < -0.4 is 0 Å². The number of amides is 1. The van der Waals surface area contributed by atoms with Crippen molar-refractivity contribution in [1.82, 2.24) is 14.7 Å². The van der Waals surface area contributed by atoms with Gasteiger partial charge in [-0.2, -0.15) is 0 Å². The van der Waals surface area contributed by atoms with Gasteiger partial charge in [0.2, 0.25) is 5.91 Å². The smallest absolute Gasteiger partial charge is 0.223 e. The number of nitrogens with zero attached hydrogens (tertiary/aromatic N) is 3. The van der Waals surface area contributed by atoms with Gasteiger partial charge in [-0.05, 0) is 124 Å². The summed E-state index contributed by atoms with van der Waals surface area (Å²) in [4.78, 5) is 20.7. The Morgan fingerprint density at radius 2 is 1.60 bits per heavy atom. The van der Waals surface area contributed by atoms with E-state index >= 15 is 0 Å². The summed E-state index contributed by atoms with van der Waals surface area (Å²) in [5.74, 6) is 4.83. The summed E-state index contributed by atoms with van der Waals surface area (Å²) in [5, 5.41) is 0. The maximum absolute atomic E-state index is 13.3. The second-order valence-corrected chi connectivity index (χ2v) is 14.1. The average Bonchev–Trinajstić information content (AvgIpc) is 3.14. The lowest BCUT2D eigenvalue weighted by Gasteiger charge is -2.58. The van der Waals surface area contributed by atoms with Gasteiger partial charge in [0.15, 0.2) is 0 Å². The first kappa shape index (κ1) is 23.2. The van der Waals surface area contributed by atoms with Gasteiger partial charge in [-0.25, -0.2) is 0 Å². The van der Waals surface area contributed by atoms with Crippen LogP contribution in [0.3, 0.4) is 0 Å². The number of piperidine rings is 1. The minimum atomic E-state index is 0.255. The lowest BCUT2D eigenvalue weighted by Crippen LogP contribution is -2.58. The number of likely N-dealkylation sites (N-methyl/N-ethyl adjacent to an activating group) is 1. The Labute approximate surface area is 219 Å². The van der Waals surface area contributed by atoms with Gasteiger partial charge in [-0.15, -0.1) is 0 Å². The molecule has 7 aliphatic rings. The second kappa shape index (κ2) is 8.84. The summed E-state index contributed by atoms with van der Waals surface area (Å²) >= 11 is 3.96. The molecule has 4 saturated carbocycles. The van der Waals surface area contributed by atoms with Crippen LogP contribution in [0.2, 0.25) is 0 Å². The highest BCUT2D eigenvalue weighted by molar-refractivity contribution is 9.10. The van der Waals surface area contributed by atoms with Gasteiger partial charge in [0, 0.05) is 43.1 Å². The number of hydrogen-bond donors (Lipinski definition) is 0. The summed E-state index contributed by atoms with van der Waals surface area (Å²) in [6, 6.07) is 7.64. The van der Waals surface area contributed by atoms with Crippen molar-refractivity contribution < 1.29 is 4.79 Å². The number of benzene rings is 1. The number of carbonyl (C=O) groups excluding carboxylic acids is 1. The Morgan fingerprint density at radius 1 is 0.943 bits per heavy atom. The fourth-order valence-electron chi connectivity index (χ4n) is 9.90. The molecule has 0 aromatic heterocycles. The second-order valence-electron chi connectivity index (χ2n) is 13.2. The maximum atomic E-state index is 13.3. The van der Waals surface area contributed by atoms with E-state index in [2.05, 4.69) is 55.9 Å². The number of likely N-dealkylation sites (tertiary alicyclic amines) is 1. The van der Waals surface area contributed by atoms with Crippen molar-refractivity contribution in [2.45, 2.75) is 75.2 Å². The lowest BCUT2D eigenvalue weighted by molar-refractivity contribution is -0.133. The third-order valence-corrected chi connectivity index (χ3v) is 11.9. The van der Waals surface area contributed by atoms with Gasteiger partial charge in [-0.1, -0.05) is 28.1 Å². The molecular formula is C30H42BrN3O. The van der Waals surface area contributed by atoms with E-state index in [0.29, 0.717) is 18.2 Å². The molecule has 190 valence electrons. The first-order chi connectivity index (χ1) is 17.0. The van der Waals surface area contributed by atoms with E-state index in [-0.39, 0.29) is 5.41 Å². The Kier molecular flexibility index (Phi) is 5.87. The molecule has 4 bridgehead atoms.